The zero-order chi connectivity index (χ0) is 27.5. The van der Waals surface area contributed by atoms with Crippen LogP contribution in [0.15, 0.2) is 97.1 Å². The van der Waals surface area contributed by atoms with Crippen LogP contribution < -0.4 is 9.47 Å². The average Bonchev–Trinajstić information content (AvgIpc) is 2.89. The van der Waals surface area contributed by atoms with E-state index in [2.05, 4.69) is 27.7 Å². The highest BCUT2D eigenvalue weighted by molar-refractivity contribution is 5.46. The maximum absolute atomic E-state index is 14.5. The third-order valence-corrected chi connectivity index (χ3v) is 7.00. The Morgan fingerprint density at radius 1 is 0.474 bits per heavy atom. The minimum Gasteiger partial charge on any atom is -0.457 e. The van der Waals surface area contributed by atoms with Crippen LogP contribution in [0.3, 0.4) is 0 Å². The van der Waals surface area contributed by atoms with Crippen molar-refractivity contribution in [2.75, 3.05) is 0 Å². The van der Waals surface area contributed by atoms with Crippen LogP contribution in [0.2, 0.25) is 0 Å². The first-order valence-electron chi connectivity index (χ1n) is 12.8. The molecule has 2 nitrogen and oxygen atoms in total. The fourth-order valence-electron chi connectivity index (χ4n) is 4.32. The Balaban J connectivity index is 1.54. The van der Waals surface area contributed by atoms with Gasteiger partial charge in [0.2, 0.25) is 0 Å². The van der Waals surface area contributed by atoms with E-state index in [0.717, 1.165) is 0 Å². The highest BCUT2D eigenvalue weighted by Gasteiger charge is 2.53. The molecule has 0 aliphatic carbocycles. The lowest BCUT2D eigenvalue weighted by molar-refractivity contribution is -0.173. The summed E-state index contributed by atoms with van der Waals surface area (Å²) in [6.07, 6.45) is -4.52. The van der Waals surface area contributed by atoms with Crippen molar-refractivity contribution in [3.63, 3.8) is 0 Å². The molecular weight excluding hydrogens is 485 g/mol. The van der Waals surface area contributed by atoms with E-state index in [4.69, 9.17) is 9.47 Å². The van der Waals surface area contributed by atoms with E-state index in [1.807, 2.05) is 48.5 Å². The first kappa shape index (κ1) is 27.3. The van der Waals surface area contributed by atoms with Gasteiger partial charge in [-0.15, -0.1) is 0 Å². The Kier molecular flexibility index (Phi) is 7.86. The number of benzene rings is 4. The summed E-state index contributed by atoms with van der Waals surface area (Å²) >= 11 is 0. The second-order valence-electron chi connectivity index (χ2n) is 10.3. The molecule has 198 valence electrons. The van der Waals surface area contributed by atoms with Gasteiger partial charge in [-0.2, -0.15) is 13.2 Å². The van der Waals surface area contributed by atoms with Crippen LogP contribution in [0.25, 0.3) is 0 Å². The van der Waals surface area contributed by atoms with Gasteiger partial charge in [0, 0.05) is 0 Å². The van der Waals surface area contributed by atoms with Gasteiger partial charge in [-0.1, -0.05) is 76.2 Å². The van der Waals surface area contributed by atoms with E-state index >= 15 is 0 Å². The zero-order valence-electron chi connectivity index (χ0n) is 22.3. The minimum absolute atomic E-state index is 0.130. The second kappa shape index (κ2) is 10.9. The SMILES string of the molecule is CC(C)c1ccc(Oc2ccc(C(C)(c3ccc(Oc4ccc(C(C)C)cc4)cc3)C(F)(F)F)cc2)cc1. The number of ether oxygens (including phenoxy) is 2. The highest BCUT2D eigenvalue weighted by Crippen LogP contribution is 2.47. The summed E-state index contributed by atoms with van der Waals surface area (Å²) in [5.41, 5.74) is 0.432. The molecule has 0 unspecified atom stereocenters. The van der Waals surface area contributed by atoms with E-state index in [1.165, 1.54) is 42.3 Å². The molecule has 4 aromatic carbocycles. The first-order valence-corrected chi connectivity index (χ1v) is 12.8. The van der Waals surface area contributed by atoms with Gasteiger partial charge in [0.25, 0.3) is 0 Å². The number of hydrogen-bond donors (Lipinski definition) is 0. The number of hydrogen-bond acceptors (Lipinski definition) is 2. The van der Waals surface area contributed by atoms with Crippen LogP contribution in [0.4, 0.5) is 13.2 Å². The molecular formula is C33H33F3O2. The first-order chi connectivity index (χ1) is 18.0. The molecule has 4 rings (SSSR count). The fraction of sp³-hybridized carbons (Fsp3) is 0.273. The van der Waals surface area contributed by atoms with E-state index in [-0.39, 0.29) is 11.1 Å². The Labute approximate surface area is 223 Å². The lowest BCUT2D eigenvalue weighted by Gasteiger charge is -2.33. The highest BCUT2D eigenvalue weighted by atomic mass is 19.4. The van der Waals surface area contributed by atoms with Crippen LogP contribution in [0.5, 0.6) is 23.0 Å². The Morgan fingerprint density at radius 2 is 0.737 bits per heavy atom. The Hall–Kier alpha value is -3.73. The number of rotatable bonds is 8. The molecule has 4 aromatic rings. The third-order valence-electron chi connectivity index (χ3n) is 7.00. The number of halogens is 3. The predicted octanol–water partition coefficient (Wildman–Crippen LogP) is 10.4. The number of alkyl halides is 3. The third kappa shape index (κ3) is 5.88. The molecule has 0 aliphatic rings. The molecule has 0 saturated carbocycles. The molecule has 0 saturated heterocycles. The Bertz CT molecular complexity index is 1220. The van der Waals surface area contributed by atoms with Crippen molar-refractivity contribution < 1.29 is 22.6 Å². The summed E-state index contributed by atoms with van der Waals surface area (Å²) in [6.45, 7) is 9.64. The minimum atomic E-state index is -4.52. The van der Waals surface area contributed by atoms with Gasteiger partial charge in [0.1, 0.15) is 28.4 Å². The molecule has 0 atom stereocenters. The molecule has 0 amide bonds. The summed E-state index contributed by atoms with van der Waals surface area (Å²) < 4.78 is 55.3. The molecule has 0 radical (unpaired) electrons. The summed E-state index contributed by atoms with van der Waals surface area (Å²) in [7, 11) is 0. The molecule has 0 aromatic heterocycles. The lowest BCUT2D eigenvalue weighted by atomic mass is 9.75. The van der Waals surface area contributed by atoms with Crippen molar-refractivity contribution in [2.24, 2.45) is 0 Å². The molecule has 0 heterocycles. The maximum atomic E-state index is 14.5. The molecule has 0 fully saturated rings. The summed E-state index contributed by atoms with van der Waals surface area (Å²) in [5.74, 6) is 3.02. The van der Waals surface area contributed by atoms with Gasteiger partial charge >= 0.3 is 6.18 Å². The van der Waals surface area contributed by atoms with Crippen LogP contribution in [0.1, 0.15) is 68.7 Å². The van der Waals surface area contributed by atoms with Crippen LogP contribution >= 0.6 is 0 Å². The molecule has 38 heavy (non-hydrogen) atoms. The molecule has 5 heteroatoms. The van der Waals surface area contributed by atoms with Crippen molar-refractivity contribution in [1.29, 1.82) is 0 Å². The largest absolute Gasteiger partial charge is 0.457 e. The average molecular weight is 519 g/mol. The van der Waals surface area contributed by atoms with Crippen LogP contribution in [0, 0.1) is 0 Å². The summed E-state index contributed by atoms with van der Waals surface area (Å²) in [5, 5.41) is 0. The van der Waals surface area contributed by atoms with E-state index < -0.39 is 11.6 Å². The predicted molar refractivity (Wildman–Crippen MR) is 147 cm³/mol. The smallest absolute Gasteiger partial charge is 0.402 e. The topological polar surface area (TPSA) is 18.5 Å². The molecule has 0 spiro atoms. The normalized spacial score (nSPS) is 12.2. The van der Waals surface area contributed by atoms with Gasteiger partial charge in [-0.3, -0.25) is 0 Å². The fourth-order valence-corrected chi connectivity index (χ4v) is 4.32. The van der Waals surface area contributed by atoms with Gasteiger partial charge in [0.05, 0.1) is 0 Å². The standard InChI is InChI=1S/C33H33F3O2/c1-22(2)24-6-14-28(15-7-24)37-30-18-10-26(11-19-30)32(5,33(34,35)36)27-12-20-31(21-13-27)38-29-16-8-25(9-17-29)23(3)4/h6-23H,1-5H3. The van der Waals surface area contributed by atoms with E-state index in [1.54, 1.807) is 24.3 Å². The summed E-state index contributed by atoms with van der Waals surface area (Å²) in [4.78, 5) is 0. The van der Waals surface area contributed by atoms with Crippen molar-refractivity contribution in [1.82, 2.24) is 0 Å². The lowest BCUT2D eigenvalue weighted by Crippen LogP contribution is -2.40. The van der Waals surface area contributed by atoms with E-state index in [9.17, 15) is 13.2 Å². The van der Waals surface area contributed by atoms with Gasteiger partial charge < -0.3 is 9.47 Å². The molecule has 0 aliphatic heterocycles. The Morgan fingerprint density at radius 3 is 0.974 bits per heavy atom. The van der Waals surface area contributed by atoms with Gasteiger partial charge in [0.15, 0.2) is 0 Å². The van der Waals surface area contributed by atoms with Crippen LogP contribution in [-0.2, 0) is 5.41 Å². The quantitative estimate of drug-likeness (QED) is 0.231. The van der Waals surface area contributed by atoms with Crippen molar-refractivity contribution >= 4 is 0 Å². The molecule has 0 N–H and O–H groups in total. The maximum Gasteiger partial charge on any atom is 0.402 e. The van der Waals surface area contributed by atoms with Gasteiger partial charge in [-0.25, -0.2) is 0 Å². The van der Waals surface area contributed by atoms with Crippen molar-refractivity contribution in [3.05, 3.63) is 119 Å². The monoisotopic (exact) mass is 518 g/mol. The van der Waals surface area contributed by atoms with Crippen molar-refractivity contribution in [3.8, 4) is 23.0 Å². The van der Waals surface area contributed by atoms with Crippen molar-refractivity contribution in [2.45, 2.75) is 58.0 Å². The summed E-state index contributed by atoms with van der Waals surface area (Å²) in [6, 6.07) is 27.6. The molecule has 0 bridgehead atoms. The van der Waals surface area contributed by atoms with Gasteiger partial charge in [-0.05, 0) is 89.5 Å². The van der Waals surface area contributed by atoms with E-state index in [0.29, 0.717) is 34.8 Å². The van der Waals surface area contributed by atoms with Crippen LogP contribution in [-0.4, -0.2) is 6.18 Å². The second-order valence-corrected chi connectivity index (χ2v) is 10.3. The zero-order valence-corrected chi connectivity index (χ0v) is 22.3.